The number of benzene rings is 1. The van der Waals surface area contributed by atoms with Crippen molar-refractivity contribution in [3.05, 3.63) is 41.2 Å². The van der Waals surface area contributed by atoms with Gasteiger partial charge in [-0.25, -0.2) is 8.42 Å². The van der Waals surface area contributed by atoms with E-state index in [-0.39, 0.29) is 11.7 Å². The fourth-order valence-corrected chi connectivity index (χ4v) is 4.78. The number of nitrogens with zero attached hydrogens (tertiary/aromatic N) is 3. The number of aryl methyl sites for hydroxylation is 1. The molecule has 0 saturated carbocycles. The van der Waals surface area contributed by atoms with Gasteiger partial charge >= 0.3 is 0 Å². The van der Waals surface area contributed by atoms with Gasteiger partial charge in [0.2, 0.25) is 0 Å². The summed E-state index contributed by atoms with van der Waals surface area (Å²) in [7, 11) is -2.98. The Hall–Kier alpha value is -2.52. The minimum atomic E-state index is -2.98. The topological polar surface area (TPSA) is 81.1 Å². The van der Waals surface area contributed by atoms with Crippen LogP contribution in [0.3, 0.4) is 0 Å². The molecule has 1 aromatic heterocycles. The molecule has 168 valence electrons. The van der Waals surface area contributed by atoms with E-state index >= 15 is 0 Å². The number of piperazine rings is 1. The van der Waals surface area contributed by atoms with E-state index in [4.69, 9.17) is 9.47 Å². The summed E-state index contributed by atoms with van der Waals surface area (Å²) in [5.74, 6) is 1.62. The van der Waals surface area contributed by atoms with Crippen LogP contribution in [0.5, 0.6) is 11.5 Å². The first-order valence-corrected chi connectivity index (χ1v) is 12.6. The summed E-state index contributed by atoms with van der Waals surface area (Å²) >= 11 is 0. The minimum absolute atomic E-state index is 0.0136. The molecule has 1 fully saturated rings. The number of ether oxygens (including phenoxy) is 2. The summed E-state index contributed by atoms with van der Waals surface area (Å²) in [4.78, 5) is 17.2. The number of amides is 1. The Kier molecular flexibility index (Phi) is 5.98. The lowest BCUT2D eigenvalue weighted by molar-refractivity contribution is 0.0643. The molecule has 1 amide bonds. The van der Waals surface area contributed by atoms with E-state index in [1.54, 1.807) is 0 Å². The number of sulfone groups is 1. The van der Waals surface area contributed by atoms with Crippen molar-refractivity contribution in [3.63, 3.8) is 0 Å². The Morgan fingerprint density at radius 3 is 2.35 bits per heavy atom. The maximum absolute atomic E-state index is 13.2. The number of fused-ring (bicyclic) bond motifs is 1. The molecule has 0 spiro atoms. The molecule has 2 aromatic rings. The molecule has 0 aliphatic carbocycles. The van der Waals surface area contributed by atoms with Crippen LogP contribution >= 0.6 is 0 Å². The maximum atomic E-state index is 13.2. The van der Waals surface area contributed by atoms with Crippen LogP contribution in [0.4, 0.5) is 0 Å². The van der Waals surface area contributed by atoms with Gasteiger partial charge in [-0.05, 0) is 32.0 Å². The molecule has 0 radical (unpaired) electrons. The second-order valence-corrected chi connectivity index (χ2v) is 10.5. The molecule has 9 heteroatoms. The van der Waals surface area contributed by atoms with Gasteiger partial charge in [-0.15, -0.1) is 0 Å². The van der Waals surface area contributed by atoms with Crippen molar-refractivity contribution < 1.29 is 22.7 Å². The van der Waals surface area contributed by atoms with Crippen molar-refractivity contribution in [1.82, 2.24) is 14.4 Å². The maximum Gasteiger partial charge on any atom is 0.255 e. The van der Waals surface area contributed by atoms with E-state index < -0.39 is 9.84 Å². The zero-order valence-corrected chi connectivity index (χ0v) is 19.1. The molecule has 0 unspecified atom stereocenters. The van der Waals surface area contributed by atoms with E-state index in [1.165, 1.54) is 6.26 Å². The summed E-state index contributed by atoms with van der Waals surface area (Å²) < 4.78 is 36.2. The average molecular weight is 448 g/mol. The first-order chi connectivity index (χ1) is 14.7. The Balaban J connectivity index is 1.48. The summed E-state index contributed by atoms with van der Waals surface area (Å²) in [6.45, 7) is 8.09. The fraction of sp³-hybridized carbons (Fsp3) is 0.500. The van der Waals surface area contributed by atoms with Crippen molar-refractivity contribution in [2.24, 2.45) is 0 Å². The van der Waals surface area contributed by atoms with Gasteiger partial charge in [-0.2, -0.15) is 0 Å². The van der Waals surface area contributed by atoms with Crippen molar-refractivity contribution in [2.75, 3.05) is 57.9 Å². The first-order valence-electron chi connectivity index (χ1n) is 10.5. The largest absolute Gasteiger partial charge is 0.486 e. The summed E-state index contributed by atoms with van der Waals surface area (Å²) in [6.07, 6.45) is 1.25. The molecule has 1 saturated heterocycles. The normalized spacial score (nSPS) is 17.1. The number of hydrogen-bond donors (Lipinski definition) is 0. The summed E-state index contributed by atoms with van der Waals surface area (Å²) in [5.41, 5.74) is 3.49. The SMILES string of the molecule is Cc1cc(C(=O)N2CCN(CCS(C)(=O)=O)CC2)c(C)n1-c1ccc2c(c1)OCCO2. The highest BCUT2D eigenvalue weighted by Crippen LogP contribution is 2.33. The minimum Gasteiger partial charge on any atom is -0.486 e. The van der Waals surface area contributed by atoms with Gasteiger partial charge in [-0.3, -0.25) is 9.69 Å². The molecule has 0 bridgehead atoms. The van der Waals surface area contributed by atoms with E-state index in [0.29, 0.717) is 57.3 Å². The lowest BCUT2D eigenvalue weighted by Crippen LogP contribution is -2.49. The van der Waals surface area contributed by atoms with Crippen LogP contribution in [0.25, 0.3) is 5.69 Å². The van der Waals surface area contributed by atoms with Crippen LogP contribution in [0.15, 0.2) is 24.3 Å². The quantitative estimate of drug-likeness (QED) is 0.694. The van der Waals surface area contributed by atoms with Crippen molar-refractivity contribution in [2.45, 2.75) is 13.8 Å². The molecule has 2 aliphatic heterocycles. The molecule has 0 atom stereocenters. The lowest BCUT2D eigenvalue weighted by atomic mass is 10.2. The van der Waals surface area contributed by atoms with Crippen LogP contribution in [0.1, 0.15) is 21.7 Å². The molecular formula is C22H29N3O5S. The Morgan fingerprint density at radius 1 is 1.00 bits per heavy atom. The Bertz CT molecular complexity index is 1080. The third-order valence-corrected chi connectivity index (χ3v) is 6.81. The first kappa shape index (κ1) is 21.7. The molecular weight excluding hydrogens is 418 g/mol. The van der Waals surface area contributed by atoms with Gasteiger partial charge in [0.1, 0.15) is 23.1 Å². The monoisotopic (exact) mass is 447 g/mol. The molecule has 2 aliphatic rings. The number of carbonyl (C=O) groups is 1. The molecule has 31 heavy (non-hydrogen) atoms. The molecule has 0 N–H and O–H groups in total. The van der Waals surface area contributed by atoms with Crippen LogP contribution in [0.2, 0.25) is 0 Å². The third-order valence-electron chi connectivity index (χ3n) is 5.88. The molecule has 4 rings (SSSR count). The fourth-order valence-electron chi connectivity index (χ4n) is 4.19. The smallest absolute Gasteiger partial charge is 0.255 e. The van der Waals surface area contributed by atoms with Crippen LogP contribution in [-0.4, -0.2) is 86.6 Å². The second kappa shape index (κ2) is 8.55. The molecule has 1 aromatic carbocycles. The van der Waals surface area contributed by atoms with Crippen molar-refractivity contribution in [3.8, 4) is 17.2 Å². The average Bonchev–Trinajstić information content (AvgIpc) is 3.05. The summed E-state index contributed by atoms with van der Waals surface area (Å²) in [5, 5.41) is 0. The number of rotatable bonds is 5. The van der Waals surface area contributed by atoms with E-state index in [0.717, 1.165) is 22.8 Å². The number of carbonyl (C=O) groups excluding carboxylic acids is 1. The molecule has 3 heterocycles. The van der Waals surface area contributed by atoms with E-state index in [9.17, 15) is 13.2 Å². The highest BCUT2D eigenvalue weighted by Gasteiger charge is 2.26. The van der Waals surface area contributed by atoms with E-state index in [1.807, 2.05) is 43.0 Å². The van der Waals surface area contributed by atoms with Gasteiger partial charge in [0, 0.05) is 62.1 Å². The molecule has 8 nitrogen and oxygen atoms in total. The van der Waals surface area contributed by atoms with Gasteiger partial charge in [0.25, 0.3) is 5.91 Å². The predicted molar refractivity (Wildman–Crippen MR) is 118 cm³/mol. The highest BCUT2D eigenvalue weighted by molar-refractivity contribution is 7.90. The van der Waals surface area contributed by atoms with Gasteiger partial charge in [0.15, 0.2) is 11.5 Å². The third kappa shape index (κ3) is 4.72. The standard InChI is InChI=1S/C22H29N3O5S/c1-16-14-19(22(26)24-8-6-23(7-9-24)10-13-31(3,27)28)17(2)25(16)18-4-5-20-21(15-18)30-12-11-29-20/h4-5,14-15H,6-13H2,1-3H3. The van der Waals surface area contributed by atoms with Crippen LogP contribution in [-0.2, 0) is 9.84 Å². The highest BCUT2D eigenvalue weighted by atomic mass is 32.2. The van der Waals surface area contributed by atoms with Crippen molar-refractivity contribution in [1.29, 1.82) is 0 Å². The predicted octanol–water partition coefficient (Wildman–Crippen LogP) is 1.67. The Labute approximate surface area is 183 Å². The van der Waals surface area contributed by atoms with Gasteiger partial charge in [0.05, 0.1) is 11.3 Å². The second-order valence-electron chi connectivity index (χ2n) is 8.21. The van der Waals surface area contributed by atoms with Gasteiger partial charge < -0.3 is 18.9 Å². The van der Waals surface area contributed by atoms with E-state index in [2.05, 4.69) is 9.47 Å². The van der Waals surface area contributed by atoms with Crippen LogP contribution < -0.4 is 9.47 Å². The number of hydrogen-bond acceptors (Lipinski definition) is 6. The van der Waals surface area contributed by atoms with Gasteiger partial charge in [-0.1, -0.05) is 0 Å². The lowest BCUT2D eigenvalue weighted by Gasteiger charge is -2.34. The number of aromatic nitrogens is 1. The van der Waals surface area contributed by atoms with Crippen LogP contribution in [0, 0.1) is 13.8 Å². The Morgan fingerprint density at radius 2 is 1.68 bits per heavy atom. The summed E-state index contributed by atoms with van der Waals surface area (Å²) in [6, 6.07) is 7.76. The zero-order valence-electron chi connectivity index (χ0n) is 18.3. The van der Waals surface area contributed by atoms with Crippen molar-refractivity contribution >= 4 is 15.7 Å². The zero-order chi connectivity index (χ0) is 22.2.